The number of pyridine rings is 1. The number of aryl methyl sites for hydroxylation is 1. The van der Waals surface area contributed by atoms with Crippen LogP contribution in [-0.2, 0) is 0 Å². The van der Waals surface area contributed by atoms with Crippen molar-refractivity contribution in [1.29, 1.82) is 0 Å². The first-order valence-corrected chi connectivity index (χ1v) is 6.79. The number of benzene rings is 1. The summed E-state index contributed by atoms with van der Waals surface area (Å²) in [6.45, 7) is 6.52. The minimum Gasteiger partial charge on any atom is -0.322 e. The Kier molecular flexibility index (Phi) is 3.97. The summed E-state index contributed by atoms with van der Waals surface area (Å²) < 4.78 is 0. The van der Waals surface area contributed by atoms with Crippen molar-refractivity contribution >= 4 is 10.9 Å². The molecule has 1 unspecified atom stereocenters. The molecule has 2 rings (SSSR count). The van der Waals surface area contributed by atoms with Crippen molar-refractivity contribution < 1.29 is 0 Å². The number of aromatic nitrogens is 1. The van der Waals surface area contributed by atoms with Gasteiger partial charge in [-0.15, -0.1) is 0 Å². The number of hydrogen-bond donors (Lipinski definition) is 1. The molecule has 0 fully saturated rings. The third-order valence-electron chi connectivity index (χ3n) is 3.84. The molecule has 0 aliphatic rings. The Morgan fingerprint density at radius 1 is 1.17 bits per heavy atom. The quantitative estimate of drug-likeness (QED) is 0.880. The molecule has 0 saturated heterocycles. The third-order valence-corrected chi connectivity index (χ3v) is 3.84. The monoisotopic (exact) mass is 242 g/mol. The van der Waals surface area contributed by atoms with Gasteiger partial charge in [-0.05, 0) is 30.5 Å². The predicted octanol–water partition coefficient (Wildman–Crippen LogP) is 3.98. The zero-order chi connectivity index (χ0) is 13.1. The Balaban J connectivity index is 2.46. The van der Waals surface area contributed by atoms with Crippen molar-refractivity contribution in [1.82, 2.24) is 4.98 Å². The summed E-state index contributed by atoms with van der Waals surface area (Å²) in [5.74, 6) is 0.512. The normalized spacial score (nSPS) is 13.2. The molecule has 96 valence electrons. The molecule has 0 amide bonds. The largest absolute Gasteiger partial charge is 0.322 e. The van der Waals surface area contributed by atoms with E-state index in [1.54, 1.807) is 0 Å². The van der Waals surface area contributed by atoms with E-state index in [9.17, 15) is 0 Å². The number of nitrogens with zero attached hydrogens (tertiary/aromatic N) is 1. The second kappa shape index (κ2) is 5.49. The van der Waals surface area contributed by atoms with Crippen molar-refractivity contribution in [3.8, 4) is 0 Å². The molecule has 2 nitrogen and oxygen atoms in total. The maximum Gasteiger partial charge on any atom is 0.0708 e. The Labute approximate surface area is 109 Å². The average Bonchev–Trinajstić information content (AvgIpc) is 2.40. The van der Waals surface area contributed by atoms with Crippen LogP contribution in [0, 0.1) is 12.8 Å². The third kappa shape index (κ3) is 2.39. The summed E-state index contributed by atoms with van der Waals surface area (Å²) in [5.41, 5.74) is 9.70. The highest BCUT2D eigenvalue weighted by Crippen LogP contribution is 2.27. The van der Waals surface area contributed by atoms with Crippen LogP contribution in [0.2, 0.25) is 0 Å². The minimum atomic E-state index is 0.0447. The SMILES string of the molecule is CCC(CC)C(N)c1cc(C)c2ccccc2n1. The Bertz CT molecular complexity index is 530. The maximum absolute atomic E-state index is 6.36. The van der Waals surface area contributed by atoms with Gasteiger partial charge < -0.3 is 5.73 Å². The molecule has 0 saturated carbocycles. The number of nitrogens with two attached hydrogens (primary N) is 1. The lowest BCUT2D eigenvalue weighted by atomic mass is 9.91. The van der Waals surface area contributed by atoms with Crippen molar-refractivity contribution in [2.75, 3.05) is 0 Å². The smallest absolute Gasteiger partial charge is 0.0708 e. The molecule has 0 aliphatic carbocycles. The highest BCUT2D eigenvalue weighted by atomic mass is 14.8. The van der Waals surface area contributed by atoms with E-state index in [1.165, 1.54) is 10.9 Å². The van der Waals surface area contributed by atoms with Gasteiger partial charge in [0, 0.05) is 11.4 Å². The van der Waals surface area contributed by atoms with Crippen molar-refractivity contribution in [3.63, 3.8) is 0 Å². The minimum absolute atomic E-state index is 0.0447. The first kappa shape index (κ1) is 13.0. The van der Waals surface area contributed by atoms with Gasteiger partial charge in [0.05, 0.1) is 11.2 Å². The highest BCUT2D eigenvalue weighted by molar-refractivity contribution is 5.82. The topological polar surface area (TPSA) is 38.9 Å². The van der Waals surface area contributed by atoms with E-state index in [1.807, 2.05) is 6.07 Å². The van der Waals surface area contributed by atoms with E-state index in [2.05, 4.69) is 45.0 Å². The molecule has 1 heterocycles. The van der Waals surface area contributed by atoms with Crippen LogP contribution in [0.5, 0.6) is 0 Å². The molecular weight excluding hydrogens is 220 g/mol. The van der Waals surface area contributed by atoms with E-state index >= 15 is 0 Å². The fraction of sp³-hybridized carbons (Fsp3) is 0.438. The Hall–Kier alpha value is -1.41. The van der Waals surface area contributed by atoms with Gasteiger partial charge in [-0.25, -0.2) is 0 Å². The molecule has 0 aliphatic heterocycles. The van der Waals surface area contributed by atoms with Crippen LogP contribution in [0.4, 0.5) is 0 Å². The molecule has 18 heavy (non-hydrogen) atoms. The number of hydrogen-bond acceptors (Lipinski definition) is 2. The molecule has 0 spiro atoms. The first-order chi connectivity index (χ1) is 8.67. The fourth-order valence-corrected chi connectivity index (χ4v) is 2.58. The molecular formula is C16H22N2. The van der Waals surface area contributed by atoms with Gasteiger partial charge in [0.15, 0.2) is 0 Å². The van der Waals surface area contributed by atoms with Gasteiger partial charge in [-0.1, -0.05) is 44.9 Å². The van der Waals surface area contributed by atoms with Crippen LogP contribution in [0.25, 0.3) is 10.9 Å². The van der Waals surface area contributed by atoms with Crippen LogP contribution < -0.4 is 5.73 Å². The molecule has 1 aromatic heterocycles. The zero-order valence-corrected chi connectivity index (χ0v) is 11.5. The van der Waals surface area contributed by atoms with Crippen LogP contribution in [0.15, 0.2) is 30.3 Å². The molecule has 2 N–H and O–H groups in total. The second-order valence-electron chi connectivity index (χ2n) is 4.98. The average molecular weight is 242 g/mol. The predicted molar refractivity (Wildman–Crippen MR) is 77.5 cm³/mol. The lowest BCUT2D eigenvalue weighted by molar-refractivity contribution is 0.399. The van der Waals surface area contributed by atoms with E-state index in [4.69, 9.17) is 10.7 Å². The summed E-state index contributed by atoms with van der Waals surface area (Å²) in [7, 11) is 0. The van der Waals surface area contributed by atoms with Crippen LogP contribution in [-0.4, -0.2) is 4.98 Å². The van der Waals surface area contributed by atoms with Crippen molar-refractivity contribution in [3.05, 3.63) is 41.6 Å². The Morgan fingerprint density at radius 3 is 2.50 bits per heavy atom. The van der Waals surface area contributed by atoms with Crippen molar-refractivity contribution in [2.24, 2.45) is 11.7 Å². The first-order valence-electron chi connectivity index (χ1n) is 6.79. The molecule has 2 heteroatoms. The molecule has 0 radical (unpaired) electrons. The summed E-state index contributed by atoms with van der Waals surface area (Å²) in [4.78, 5) is 4.73. The summed E-state index contributed by atoms with van der Waals surface area (Å²) >= 11 is 0. The van der Waals surface area contributed by atoms with Crippen LogP contribution in [0.1, 0.15) is 44.0 Å². The molecule has 2 aromatic rings. The second-order valence-corrected chi connectivity index (χ2v) is 4.98. The lowest BCUT2D eigenvalue weighted by Crippen LogP contribution is -2.21. The fourth-order valence-electron chi connectivity index (χ4n) is 2.58. The standard InChI is InChI=1S/C16H22N2/c1-4-12(5-2)16(17)15-10-11(3)13-8-6-7-9-14(13)18-15/h6-10,12,16H,4-5,17H2,1-3H3. The highest BCUT2D eigenvalue weighted by Gasteiger charge is 2.18. The van der Waals surface area contributed by atoms with E-state index in [-0.39, 0.29) is 6.04 Å². The summed E-state index contributed by atoms with van der Waals surface area (Å²) in [6.07, 6.45) is 2.20. The van der Waals surface area contributed by atoms with Gasteiger partial charge in [0.2, 0.25) is 0 Å². The number of rotatable bonds is 4. The number of para-hydroxylation sites is 1. The Morgan fingerprint density at radius 2 is 1.83 bits per heavy atom. The molecule has 1 aromatic carbocycles. The van der Waals surface area contributed by atoms with Gasteiger partial charge in [-0.2, -0.15) is 0 Å². The van der Waals surface area contributed by atoms with Crippen LogP contribution >= 0.6 is 0 Å². The lowest BCUT2D eigenvalue weighted by Gasteiger charge is -2.21. The molecule has 0 bridgehead atoms. The van der Waals surface area contributed by atoms with Gasteiger partial charge in [0.1, 0.15) is 0 Å². The molecule has 1 atom stereocenters. The van der Waals surface area contributed by atoms with Gasteiger partial charge >= 0.3 is 0 Å². The van der Waals surface area contributed by atoms with Crippen LogP contribution in [0.3, 0.4) is 0 Å². The van der Waals surface area contributed by atoms with E-state index < -0.39 is 0 Å². The van der Waals surface area contributed by atoms with Crippen molar-refractivity contribution in [2.45, 2.75) is 39.7 Å². The summed E-state index contributed by atoms with van der Waals surface area (Å²) in [5, 5.41) is 1.22. The van der Waals surface area contributed by atoms with Gasteiger partial charge in [0.25, 0.3) is 0 Å². The van der Waals surface area contributed by atoms with E-state index in [0.29, 0.717) is 5.92 Å². The maximum atomic E-state index is 6.36. The number of fused-ring (bicyclic) bond motifs is 1. The van der Waals surface area contributed by atoms with Gasteiger partial charge in [-0.3, -0.25) is 4.98 Å². The zero-order valence-electron chi connectivity index (χ0n) is 11.5. The van der Waals surface area contributed by atoms with E-state index in [0.717, 1.165) is 24.1 Å². The summed E-state index contributed by atoms with van der Waals surface area (Å²) in [6, 6.07) is 10.4.